The van der Waals surface area contributed by atoms with Gasteiger partial charge in [0.2, 0.25) is 11.6 Å². The van der Waals surface area contributed by atoms with E-state index >= 15 is 0 Å². The van der Waals surface area contributed by atoms with Crippen LogP contribution in [0, 0.1) is 30.1 Å². The smallest absolute Gasteiger partial charge is 0.247 e. The second kappa shape index (κ2) is 6.91. The maximum atomic E-state index is 6.10. The molecular weight excluding hydrogens is 370 g/mol. The molecule has 2 aromatic heterocycles. The lowest BCUT2D eigenvalue weighted by Gasteiger charge is -2.59. The van der Waals surface area contributed by atoms with Crippen molar-refractivity contribution in [2.75, 3.05) is 0 Å². The number of pyridine rings is 1. The predicted molar refractivity (Wildman–Crippen MR) is 119 cm³/mol. The van der Waals surface area contributed by atoms with Crippen LogP contribution in [-0.4, -0.2) is 16.0 Å². The summed E-state index contributed by atoms with van der Waals surface area (Å²) in [5.41, 5.74) is 5.22. The highest BCUT2D eigenvalue weighted by Crippen LogP contribution is 2.61. The van der Waals surface area contributed by atoms with Gasteiger partial charge in [0.15, 0.2) is 0 Å². The summed E-state index contributed by atoms with van der Waals surface area (Å²) in [5.74, 6) is 3.68. The van der Waals surface area contributed by atoms with Crippen LogP contribution in [0.5, 0.6) is 0 Å². The average molecular weight is 402 g/mol. The van der Waals surface area contributed by atoms with Crippen LogP contribution in [-0.2, 0) is 6.54 Å². The highest BCUT2D eigenvalue weighted by molar-refractivity contribution is 5.89. The topological polar surface area (TPSA) is 51.0 Å². The number of rotatable bonds is 5. The van der Waals surface area contributed by atoms with Gasteiger partial charge in [-0.2, -0.15) is 0 Å². The summed E-state index contributed by atoms with van der Waals surface area (Å²) in [6, 6.07) is 13.0. The third-order valence-corrected chi connectivity index (χ3v) is 8.19. The van der Waals surface area contributed by atoms with E-state index in [0.29, 0.717) is 23.7 Å². The Hall–Kier alpha value is -2.20. The van der Waals surface area contributed by atoms with Gasteiger partial charge in [-0.05, 0) is 87.2 Å². The number of oxazole rings is 1. The Bertz CT molecular complexity index is 1040. The number of hydrogen-bond acceptors (Lipinski definition) is 4. The standard InChI is InChI=1S/C26H31N3O/c1-16-8-22(21-6-4-3-5-7-21)24-25(28-16)30-23(29-24)15-27-17(2)26-12-18-9-19(13-26)11-20(10-18)14-26/h3-8,17-20,27H,9-15H2,1-2H3/t17-,18?,19?,20?,26?/m0/s1. The molecule has 0 unspecified atom stereocenters. The minimum absolute atomic E-state index is 0.491. The van der Waals surface area contributed by atoms with Crippen LogP contribution in [0.2, 0.25) is 0 Å². The van der Waals surface area contributed by atoms with Crippen LogP contribution in [0.15, 0.2) is 40.8 Å². The molecule has 4 saturated carbocycles. The van der Waals surface area contributed by atoms with E-state index in [1.165, 1.54) is 38.5 Å². The van der Waals surface area contributed by atoms with Crippen LogP contribution in [0.25, 0.3) is 22.4 Å². The predicted octanol–water partition coefficient (Wildman–Crippen LogP) is 5.89. The summed E-state index contributed by atoms with van der Waals surface area (Å²) in [5, 5.41) is 3.81. The molecule has 4 nitrogen and oxygen atoms in total. The fraction of sp³-hybridized carbons (Fsp3) is 0.538. The first kappa shape index (κ1) is 18.6. The van der Waals surface area contributed by atoms with Crippen LogP contribution in [0.4, 0.5) is 0 Å². The van der Waals surface area contributed by atoms with E-state index < -0.39 is 0 Å². The molecule has 0 saturated heterocycles. The molecule has 4 aliphatic carbocycles. The summed E-state index contributed by atoms with van der Waals surface area (Å²) in [7, 11) is 0. The zero-order valence-electron chi connectivity index (χ0n) is 18.0. The molecule has 4 heteroatoms. The zero-order chi connectivity index (χ0) is 20.3. The molecule has 1 aromatic carbocycles. The molecule has 4 bridgehead atoms. The Morgan fingerprint density at radius 3 is 2.37 bits per heavy atom. The molecule has 4 fully saturated rings. The van der Waals surface area contributed by atoms with Crippen molar-refractivity contribution < 1.29 is 4.42 Å². The first-order valence-electron chi connectivity index (χ1n) is 11.6. The fourth-order valence-electron chi connectivity index (χ4n) is 7.15. The van der Waals surface area contributed by atoms with Gasteiger partial charge in [0, 0.05) is 17.3 Å². The van der Waals surface area contributed by atoms with Crippen LogP contribution in [0.1, 0.15) is 57.0 Å². The van der Waals surface area contributed by atoms with E-state index in [2.05, 4.69) is 47.6 Å². The van der Waals surface area contributed by atoms with Crippen molar-refractivity contribution in [3.63, 3.8) is 0 Å². The van der Waals surface area contributed by atoms with Gasteiger partial charge in [-0.3, -0.25) is 0 Å². The fourth-order valence-corrected chi connectivity index (χ4v) is 7.15. The molecular formula is C26H31N3O. The lowest BCUT2D eigenvalue weighted by Crippen LogP contribution is -2.54. The number of benzene rings is 1. The summed E-state index contributed by atoms with van der Waals surface area (Å²) < 4.78 is 6.10. The van der Waals surface area contributed by atoms with Gasteiger partial charge >= 0.3 is 0 Å². The van der Waals surface area contributed by atoms with Crippen molar-refractivity contribution in [3.05, 3.63) is 48.0 Å². The van der Waals surface area contributed by atoms with Crippen molar-refractivity contribution in [1.29, 1.82) is 0 Å². The van der Waals surface area contributed by atoms with Crippen molar-refractivity contribution >= 4 is 11.2 Å². The van der Waals surface area contributed by atoms with E-state index in [0.717, 1.165) is 46.0 Å². The second-order valence-corrected chi connectivity index (χ2v) is 10.3. The summed E-state index contributed by atoms with van der Waals surface area (Å²) in [6.45, 7) is 5.08. The Morgan fingerprint density at radius 1 is 1.03 bits per heavy atom. The summed E-state index contributed by atoms with van der Waals surface area (Å²) >= 11 is 0. The van der Waals surface area contributed by atoms with Gasteiger partial charge in [-0.15, -0.1) is 0 Å². The van der Waals surface area contributed by atoms with Crippen LogP contribution in [0.3, 0.4) is 0 Å². The SMILES string of the molecule is Cc1cc(-c2ccccc2)c2nc(CN[C@@H](C)C34CC5CC(CC(C5)C3)C4)oc2n1. The number of aromatic nitrogens is 2. The molecule has 0 radical (unpaired) electrons. The molecule has 7 rings (SSSR count). The maximum absolute atomic E-state index is 6.10. The first-order chi connectivity index (χ1) is 14.6. The molecule has 30 heavy (non-hydrogen) atoms. The van der Waals surface area contributed by atoms with E-state index in [4.69, 9.17) is 9.40 Å². The minimum atomic E-state index is 0.491. The number of hydrogen-bond donors (Lipinski definition) is 1. The summed E-state index contributed by atoms with van der Waals surface area (Å²) in [4.78, 5) is 9.46. The summed E-state index contributed by atoms with van der Waals surface area (Å²) in [6.07, 6.45) is 8.72. The third-order valence-electron chi connectivity index (χ3n) is 8.19. The molecule has 1 N–H and O–H groups in total. The third kappa shape index (κ3) is 3.08. The molecule has 4 aliphatic rings. The zero-order valence-corrected chi connectivity index (χ0v) is 18.0. The van der Waals surface area contributed by atoms with Gasteiger partial charge in [0.25, 0.3) is 0 Å². The van der Waals surface area contributed by atoms with Gasteiger partial charge in [0.1, 0.15) is 5.52 Å². The largest absolute Gasteiger partial charge is 0.421 e. The molecule has 2 heterocycles. The monoisotopic (exact) mass is 401 g/mol. The highest BCUT2D eigenvalue weighted by Gasteiger charge is 2.52. The Labute approximate surface area is 178 Å². The lowest BCUT2D eigenvalue weighted by atomic mass is 9.48. The molecule has 1 atom stereocenters. The van der Waals surface area contributed by atoms with Gasteiger partial charge in [-0.1, -0.05) is 30.3 Å². The second-order valence-electron chi connectivity index (χ2n) is 10.3. The number of nitrogens with zero attached hydrogens (tertiary/aromatic N) is 2. The van der Waals surface area contributed by atoms with Gasteiger partial charge < -0.3 is 9.73 Å². The van der Waals surface area contributed by atoms with E-state index in [1.807, 2.05) is 13.0 Å². The Morgan fingerprint density at radius 2 is 1.70 bits per heavy atom. The Balaban J connectivity index is 1.24. The van der Waals surface area contributed by atoms with E-state index in [1.54, 1.807) is 0 Å². The van der Waals surface area contributed by atoms with Crippen LogP contribution < -0.4 is 5.32 Å². The van der Waals surface area contributed by atoms with E-state index in [9.17, 15) is 0 Å². The van der Waals surface area contributed by atoms with Crippen molar-refractivity contribution in [2.24, 2.45) is 23.2 Å². The molecule has 0 aliphatic heterocycles. The number of nitrogens with one attached hydrogen (secondary N) is 1. The lowest BCUT2D eigenvalue weighted by molar-refractivity contribution is -0.0709. The molecule has 156 valence electrons. The highest BCUT2D eigenvalue weighted by atomic mass is 16.4. The van der Waals surface area contributed by atoms with Gasteiger partial charge in [-0.25, -0.2) is 9.97 Å². The number of fused-ring (bicyclic) bond motifs is 1. The maximum Gasteiger partial charge on any atom is 0.247 e. The van der Waals surface area contributed by atoms with E-state index in [-0.39, 0.29) is 0 Å². The van der Waals surface area contributed by atoms with Crippen molar-refractivity contribution in [1.82, 2.24) is 15.3 Å². The average Bonchev–Trinajstić information content (AvgIpc) is 3.13. The molecule has 0 spiro atoms. The van der Waals surface area contributed by atoms with Gasteiger partial charge in [0.05, 0.1) is 6.54 Å². The minimum Gasteiger partial charge on any atom is -0.421 e. The normalized spacial score (nSPS) is 30.8. The number of aryl methyl sites for hydroxylation is 1. The van der Waals surface area contributed by atoms with Crippen molar-refractivity contribution in [3.8, 4) is 11.1 Å². The quantitative estimate of drug-likeness (QED) is 0.579. The first-order valence-corrected chi connectivity index (χ1v) is 11.6. The van der Waals surface area contributed by atoms with Crippen molar-refractivity contribution in [2.45, 2.75) is 65.0 Å². The van der Waals surface area contributed by atoms with Crippen LogP contribution >= 0.6 is 0 Å². The molecule has 0 amide bonds. The Kier molecular flexibility index (Phi) is 4.28. The molecule has 3 aromatic rings.